The Kier molecular flexibility index (Phi) is 3.34. The van der Waals surface area contributed by atoms with E-state index < -0.39 is 0 Å². The van der Waals surface area contributed by atoms with E-state index in [4.69, 9.17) is 17.3 Å². The normalized spacial score (nSPS) is 11.1. The van der Waals surface area contributed by atoms with E-state index in [-0.39, 0.29) is 6.61 Å². The maximum atomic E-state index is 9.49. The Balaban J connectivity index is 2.12. The van der Waals surface area contributed by atoms with Gasteiger partial charge in [-0.2, -0.15) is 0 Å². The van der Waals surface area contributed by atoms with Crippen molar-refractivity contribution in [3.05, 3.63) is 58.9 Å². The minimum absolute atomic E-state index is 0.126. The fourth-order valence-electron chi connectivity index (χ4n) is 2.29. The molecule has 0 radical (unpaired) electrons. The predicted octanol–water partition coefficient (Wildman–Crippen LogP) is 2.81. The van der Waals surface area contributed by atoms with Crippen LogP contribution in [-0.4, -0.2) is 14.7 Å². The van der Waals surface area contributed by atoms with Crippen LogP contribution in [0.4, 0.5) is 5.69 Å². The summed E-state index contributed by atoms with van der Waals surface area (Å²) in [6, 6.07) is 13.2. The lowest BCUT2D eigenvalue weighted by molar-refractivity contribution is 0.267. The number of aliphatic hydroxyl groups excluding tert-OH is 1. The topological polar surface area (TPSA) is 64.1 Å². The Morgan fingerprint density at radius 3 is 2.75 bits per heavy atom. The molecule has 0 spiro atoms. The Morgan fingerprint density at radius 2 is 2.00 bits per heavy atom. The van der Waals surface area contributed by atoms with Crippen molar-refractivity contribution in [3.8, 4) is 0 Å². The van der Waals surface area contributed by atoms with E-state index in [1.807, 2.05) is 41.0 Å². The molecule has 0 saturated heterocycles. The highest BCUT2D eigenvalue weighted by Gasteiger charge is 2.11. The second kappa shape index (κ2) is 5.15. The van der Waals surface area contributed by atoms with Crippen LogP contribution in [-0.2, 0) is 13.2 Å². The summed E-state index contributed by atoms with van der Waals surface area (Å²) >= 11 is 6.20. The fourth-order valence-corrected chi connectivity index (χ4v) is 2.49. The summed E-state index contributed by atoms with van der Waals surface area (Å²) < 4.78 is 1.95. The number of anilines is 1. The largest absolute Gasteiger partial charge is 0.399 e. The first kappa shape index (κ1) is 13.0. The number of nitrogens with two attached hydrogens (primary N) is 1. The molecule has 0 unspecified atom stereocenters. The Bertz CT molecular complexity index is 767. The minimum Gasteiger partial charge on any atom is -0.399 e. The molecule has 3 aromatic rings. The summed E-state index contributed by atoms with van der Waals surface area (Å²) in [6.45, 7) is 0.440. The molecular formula is C15H14ClN3O. The van der Waals surface area contributed by atoms with Crippen LogP contribution in [0, 0.1) is 0 Å². The molecule has 0 saturated carbocycles. The minimum atomic E-state index is -0.126. The third-order valence-corrected chi connectivity index (χ3v) is 3.65. The van der Waals surface area contributed by atoms with E-state index in [0.717, 1.165) is 16.6 Å². The lowest BCUT2D eigenvalue weighted by atomic mass is 10.2. The van der Waals surface area contributed by atoms with E-state index in [0.29, 0.717) is 23.1 Å². The number of imidazole rings is 1. The monoisotopic (exact) mass is 287 g/mol. The van der Waals surface area contributed by atoms with E-state index in [1.54, 1.807) is 6.07 Å². The van der Waals surface area contributed by atoms with Gasteiger partial charge in [-0.25, -0.2) is 4.98 Å². The van der Waals surface area contributed by atoms with Crippen LogP contribution in [0.25, 0.3) is 11.0 Å². The number of hydrogen-bond donors (Lipinski definition) is 2. The van der Waals surface area contributed by atoms with Crippen molar-refractivity contribution < 1.29 is 5.11 Å². The van der Waals surface area contributed by atoms with Gasteiger partial charge in [-0.15, -0.1) is 0 Å². The van der Waals surface area contributed by atoms with Crippen LogP contribution < -0.4 is 5.73 Å². The van der Waals surface area contributed by atoms with Crippen molar-refractivity contribution in [2.75, 3.05) is 5.73 Å². The van der Waals surface area contributed by atoms with E-state index in [1.165, 1.54) is 0 Å². The molecular weight excluding hydrogens is 274 g/mol. The summed E-state index contributed by atoms with van der Waals surface area (Å²) in [5, 5.41) is 10.2. The Morgan fingerprint density at radius 1 is 1.20 bits per heavy atom. The lowest BCUT2D eigenvalue weighted by Gasteiger charge is -2.09. The fraction of sp³-hybridized carbons (Fsp3) is 0.133. The summed E-state index contributed by atoms with van der Waals surface area (Å²) in [6.07, 6.45) is 0. The van der Waals surface area contributed by atoms with Crippen LogP contribution >= 0.6 is 11.6 Å². The van der Waals surface area contributed by atoms with Crippen LogP contribution in [0.15, 0.2) is 42.5 Å². The van der Waals surface area contributed by atoms with Gasteiger partial charge in [0, 0.05) is 10.7 Å². The first-order chi connectivity index (χ1) is 9.69. The van der Waals surface area contributed by atoms with Gasteiger partial charge in [0.05, 0.1) is 17.6 Å². The molecule has 0 bridgehead atoms. The van der Waals surface area contributed by atoms with Gasteiger partial charge in [0.1, 0.15) is 12.4 Å². The van der Waals surface area contributed by atoms with Crippen molar-refractivity contribution in [2.24, 2.45) is 0 Å². The molecule has 0 aliphatic rings. The second-order valence-electron chi connectivity index (χ2n) is 4.61. The van der Waals surface area contributed by atoms with Gasteiger partial charge in [0.2, 0.25) is 0 Å². The van der Waals surface area contributed by atoms with Gasteiger partial charge in [0.15, 0.2) is 0 Å². The molecule has 1 heterocycles. The zero-order chi connectivity index (χ0) is 14.1. The SMILES string of the molecule is Nc1ccc2c(c1)nc(CO)n2Cc1ccccc1Cl. The molecule has 0 amide bonds. The highest BCUT2D eigenvalue weighted by atomic mass is 35.5. The molecule has 3 rings (SSSR count). The van der Waals surface area contributed by atoms with Crippen molar-refractivity contribution in [1.29, 1.82) is 0 Å². The van der Waals surface area contributed by atoms with Gasteiger partial charge in [0.25, 0.3) is 0 Å². The van der Waals surface area contributed by atoms with Crippen molar-refractivity contribution in [1.82, 2.24) is 9.55 Å². The molecule has 3 N–H and O–H groups in total. The second-order valence-corrected chi connectivity index (χ2v) is 5.02. The zero-order valence-electron chi connectivity index (χ0n) is 10.8. The van der Waals surface area contributed by atoms with Gasteiger partial charge in [-0.3, -0.25) is 0 Å². The first-order valence-electron chi connectivity index (χ1n) is 6.28. The molecule has 102 valence electrons. The highest BCUT2D eigenvalue weighted by Crippen LogP contribution is 2.23. The molecule has 0 aliphatic heterocycles. The number of halogens is 1. The maximum Gasteiger partial charge on any atom is 0.136 e. The third kappa shape index (κ3) is 2.24. The smallest absolute Gasteiger partial charge is 0.136 e. The number of aliphatic hydroxyl groups is 1. The Hall–Kier alpha value is -2.04. The predicted molar refractivity (Wildman–Crippen MR) is 80.6 cm³/mol. The maximum absolute atomic E-state index is 9.49. The number of benzene rings is 2. The highest BCUT2D eigenvalue weighted by molar-refractivity contribution is 6.31. The number of aromatic nitrogens is 2. The number of rotatable bonds is 3. The van der Waals surface area contributed by atoms with E-state index in [9.17, 15) is 5.11 Å². The van der Waals surface area contributed by atoms with Gasteiger partial charge in [-0.1, -0.05) is 29.8 Å². The molecule has 20 heavy (non-hydrogen) atoms. The van der Waals surface area contributed by atoms with Crippen LogP contribution in [0.3, 0.4) is 0 Å². The number of hydrogen-bond acceptors (Lipinski definition) is 3. The molecule has 0 fully saturated rings. The van der Waals surface area contributed by atoms with Crippen LogP contribution in [0.1, 0.15) is 11.4 Å². The molecule has 0 aliphatic carbocycles. The summed E-state index contributed by atoms with van der Waals surface area (Å²) in [4.78, 5) is 4.41. The van der Waals surface area contributed by atoms with Crippen LogP contribution in [0.2, 0.25) is 5.02 Å². The quantitative estimate of drug-likeness (QED) is 0.728. The number of nitrogens with zero attached hydrogens (tertiary/aromatic N) is 2. The third-order valence-electron chi connectivity index (χ3n) is 3.28. The van der Waals surface area contributed by atoms with E-state index >= 15 is 0 Å². The van der Waals surface area contributed by atoms with Gasteiger partial charge in [-0.05, 0) is 29.8 Å². The number of fused-ring (bicyclic) bond motifs is 1. The molecule has 2 aromatic carbocycles. The van der Waals surface area contributed by atoms with Gasteiger partial charge < -0.3 is 15.4 Å². The van der Waals surface area contributed by atoms with Crippen molar-refractivity contribution >= 4 is 28.3 Å². The zero-order valence-corrected chi connectivity index (χ0v) is 11.5. The van der Waals surface area contributed by atoms with E-state index in [2.05, 4.69) is 4.98 Å². The first-order valence-corrected chi connectivity index (χ1v) is 6.65. The summed E-state index contributed by atoms with van der Waals surface area (Å²) in [5.41, 5.74) is 9.12. The Labute approximate surface area is 121 Å². The average molecular weight is 288 g/mol. The lowest BCUT2D eigenvalue weighted by Crippen LogP contribution is -2.05. The van der Waals surface area contributed by atoms with Gasteiger partial charge >= 0.3 is 0 Å². The molecule has 5 heteroatoms. The van der Waals surface area contributed by atoms with Crippen LogP contribution in [0.5, 0.6) is 0 Å². The average Bonchev–Trinajstić information content (AvgIpc) is 2.78. The summed E-state index contributed by atoms with van der Waals surface area (Å²) in [5.74, 6) is 0.602. The summed E-state index contributed by atoms with van der Waals surface area (Å²) in [7, 11) is 0. The standard InChI is InChI=1S/C15H14ClN3O/c16-12-4-2-1-3-10(12)8-19-14-6-5-11(17)7-13(14)18-15(19)9-20/h1-7,20H,8-9,17H2. The van der Waals surface area contributed by atoms with Crippen molar-refractivity contribution in [2.45, 2.75) is 13.2 Å². The molecule has 4 nitrogen and oxygen atoms in total. The van der Waals surface area contributed by atoms with Crippen molar-refractivity contribution in [3.63, 3.8) is 0 Å². The molecule has 1 aromatic heterocycles. The molecule has 0 atom stereocenters. The number of nitrogen functional groups attached to an aromatic ring is 1.